The minimum Gasteiger partial charge on any atom is -0.493 e. The van der Waals surface area contributed by atoms with Gasteiger partial charge in [0.25, 0.3) is 5.89 Å². The Labute approximate surface area is 155 Å². The molecule has 0 fully saturated rings. The van der Waals surface area contributed by atoms with Crippen LogP contribution in [0.25, 0.3) is 11.5 Å². The van der Waals surface area contributed by atoms with Crippen LogP contribution in [0.4, 0.5) is 0 Å². The fourth-order valence-electron chi connectivity index (χ4n) is 2.22. The monoisotopic (exact) mass is 373 g/mol. The molecule has 0 aliphatic carbocycles. The average molecular weight is 374 g/mol. The maximum atomic E-state index is 5.86. The molecular formula is C18H16ClN3O4. The quantitative estimate of drug-likeness (QED) is 0.460. The summed E-state index contributed by atoms with van der Waals surface area (Å²) in [4.78, 5) is 5.22. The number of benzene rings is 2. The molecule has 1 heterocycles. The molecule has 2 aromatic carbocycles. The molecule has 0 radical (unpaired) electrons. The molecule has 0 atom stereocenters. The predicted octanol–water partition coefficient (Wildman–Crippen LogP) is 3.96. The zero-order valence-electron chi connectivity index (χ0n) is 14.2. The molecule has 3 rings (SSSR count). The second kappa shape index (κ2) is 8.35. The number of ether oxygens (including phenoxy) is 2. The number of methoxy groups -OCH3 is 2. The van der Waals surface area contributed by atoms with E-state index < -0.39 is 0 Å². The lowest BCUT2D eigenvalue weighted by Crippen LogP contribution is -1.95. The molecule has 0 amide bonds. The highest BCUT2D eigenvalue weighted by Crippen LogP contribution is 2.29. The van der Waals surface area contributed by atoms with Crippen molar-refractivity contribution in [3.63, 3.8) is 0 Å². The van der Waals surface area contributed by atoms with E-state index in [1.165, 1.54) is 6.21 Å². The smallest absolute Gasteiger partial charge is 0.257 e. The predicted molar refractivity (Wildman–Crippen MR) is 96.7 cm³/mol. The van der Waals surface area contributed by atoms with Crippen molar-refractivity contribution in [3.05, 3.63) is 58.9 Å². The van der Waals surface area contributed by atoms with Crippen molar-refractivity contribution in [2.45, 2.75) is 6.61 Å². The van der Waals surface area contributed by atoms with Gasteiger partial charge in [-0.3, -0.25) is 0 Å². The van der Waals surface area contributed by atoms with Crippen molar-refractivity contribution in [2.24, 2.45) is 5.16 Å². The van der Waals surface area contributed by atoms with Crippen LogP contribution in [0.5, 0.6) is 11.5 Å². The Hall–Kier alpha value is -3.06. The Balaban J connectivity index is 1.62. The van der Waals surface area contributed by atoms with Crippen LogP contribution in [-0.4, -0.2) is 30.6 Å². The van der Waals surface area contributed by atoms with Crippen molar-refractivity contribution >= 4 is 17.8 Å². The Morgan fingerprint density at radius 1 is 1.08 bits per heavy atom. The fraction of sp³-hybridized carbons (Fsp3) is 0.167. The molecular weight excluding hydrogens is 358 g/mol. The molecule has 0 N–H and O–H groups in total. The maximum Gasteiger partial charge on any atom is 0.257 e. The van der Waals surface area contributed by atoms with E-state index in [0.29, 0.717) is 28.3 Å². The highest BCUT2D eigenvalue weighted by Gasteiger charge is 2.09. The van der Waals surface area contributed by atoms with Gasteiger partial charge in [0.15, 0.2) is 18.1 Å². The van der Waals surface area contributed by atoms with E-state index >= 15 is 0 Å². The number of oxime groups is 1. The van der Waals surface area contributed by atoms with E-state index in [9.17, 15) is 0 Å². The summed E-state index contributed by atoms with van der Waals surface area (Å²) in [5.41, 5.74) is 1.50. The zero-order valence-corrected chi connectivity index (χ0v) is 14.9. The third kappa shape index (κ3) is 4.12. The molecule has 26 heavy (non-hydrogen) atoms. The summed E-state index contributed by atoms with van der Waals surface area (Å²) in [5.74, 6) is 1.88. The van der Waals surface area contributed by atoms with Gasteiger partial charge in [-0.25, -0.2) is 0 Å². The van der Waals surface area contributed by atoms with Crippen molar-refractivity contribution in [1.82, 2.24) is 10.2 Å². The van der Waals surface area contributed by atoms with Gasteiger partial charge in [0.05, 0.1) is 20.4 Å². The summed E-state index contributed by atoms with van der Waals surface area (Å²) in [6, 6.07) is 12.6. The van der Waals surface area contributed by atoms with Crippen molar-refractivity contribution in [3.8, 4) is 23.0 Å². The van der Waals surface area contributed by atoms with Crippen LogP contribution in [0.15, 0.2) is 52.0 Å². The Morgan fingerprint density at radius 3 is 2.62 bits per heavy atom. The van der Waals surface area contributed by atoms with Gasteiger partial charge in [-0.2, -0.15) is 0 Å². The average Bonchev–Trinajstić information content (AvgIpc) is 3.14. The lowest BCUT2D eigenvalue weighted by molar-refractivity contribution is 0.112. The molecule has 1 aromatic heterocycles. The second-order valence-corrected chi connectivity index (χ2v) is 5.53. The normalized spacial score (nSPS) is 10.9. The lowest BCUT2D eigenvalue weighted by Gasteiger charge is -2.09. The summed E-state index contributed by atoms with van der Waals surface area (Å²) in [7, 11) is 3.13. The molecule has 0 aliphatic rings. The second-order valence-electron chi connectivity index (χ2n) is 5.10. The number of para-hydroxylation sites is 1. The van der Waals surface area contributed by atoms with Gasteiger partial charge < -0.3 is 18.7 Å². The molecule has 0 unspecified atom stereocenters. The fourth-order valence-corrected chi connectivity index (χ4v) is 2.35. The maximum absolute atomic E-state index is 5.86. The third-order valence-corrected chi connectivity index (χ3v) is 3.70. The van der Waals surface area contributed by atoms with Crippen LogP contribution >= 0.6 is 11.6 Å². The minimum absolute atomic E-state index is 0.0450. The van der Waals surface area contributed by atoms with E-state index in [1.54, 1.807) is 44.6 Å². The Bertz CT molecular complexity index is 894. The van der Waals surface area contributed by atoms with Crippen molar-refractivity contribution in [1.29, 1.82) is 0 Å². The number of rotatable bonds is 7. The standard InChI is InChI=1S/C18H16ClN3O4/c1-23-15-5-3-4-13(17(15)24-2)10-20-25-11-16-21-22-18(26-16)12-6-8-14(19)9-7-12/h3-10H,11H2,1-2H3/b20-10-. The molecule has 7 nitrogen and oxygen atoms in total. The molecule has 134 valence electrons. The van der Waals surface area contributed by atoms with Gasteiger partial charge in [0.2, 0.25) is 5.89 Å². The molecule has 3 aromatic rings. The van der Waals surface area contributed by atoms with E-state index in [1.807, 2.05) is 12.1 Å². The largest absolute Gasteiger partial charge is 0.493 e. The Kier molecular flexibility index (Phi) is 5.70. The summed E-state index contributed by atoms with van der Waals surface area (Å²) >= 11 is 5.86. The van der Waals surface area contributed by atoms with Crippen LogP contribution in [0.2, 0.25) is 5.02 Å². The summed E-state index contributed by atoms with van der Waals surface area (Å²) in [5, 5.41) is 12.4. The first-order valence-electron chi connectivity index (χ1n) is 7.66. The van der Waals surface area contributed by atoms with E-state index in [4.69, 9.17) is 30.3 Å². The third-order valence-electron chi connectivity index (χ3n) is 3.45. The van der Waals surface area contributed by atoms with Crippen LogP contribution < -0.4 is 9.47 Å². The minimum atomic E-state index is 0.0450. The number of nitrogens with zero attached hydrogens (tertiary/aromatic N) is 3. The van der Waals surface area contributed by atoms with E-state index in [2.05, 4.69) is 15.4 Å². The van der Waals surface area contributed by atoms with Gasteiger partial charge in [0, 0.05) is 16.1 Å². The molecule has 0 saturated heterocycles. The summed E-state index contributed by atoms with van der Waals surface area (Å²) in [6.45, 7) is 0.0450. The van der Waals surface area contributed by atoms with Gasteiger partial charge in [-0.05, 0) is 36.4 Å². The first-order chi connectivity index (χ1) is 12.7. The van der Waals surface area contributed by atoms with Crippen LogP contribution in [0, 0.1) is 0 Å². The topological polar surface area (TPSA) is 79.0 Å². The molecule has 0 aliphatic heterocycles. The van der Waals surface area contributed by atoms with Crippen molar-refractivity contribution < 1.29 is 18.7 Å². The van der Waals surface area contributed by atoms with E-state index in [-0.39, 0.29) is 6.61 Å². The number of halogens is 1. The number of hydrogen-bond acceptors (Lipinski definition) is 7. The van der Waals surface area contributed by atoms with Crippen LogP contribution in [-0.2, 0) is 11.4 Å². The van der Waals surface area contributed by atoms with Crippen LogP contribution in [0.3, 0.4) is 0 Å². The highest BCUT2D eigenvalue weighted by molar-refractivity contribution is 6.30. The summed E-state index contributed by atoms with van der Waals surface area (Å²) < 4.78 is 16.1. The first kappa shape index (κ1) is 17.8. The SMILES string of the molecule is COc1cccc(/C=N\OCc2nnc(-c3ccc(Cl)cc3)o2)c1OC. The molecule has 0 bridgehead atoms. The first-order valence-corrected chi connectivity index (χ1v) is 8.03. The molecule has 0 saturated carbocycles. The number of aromatic nitrogens is 2. The number of hydrogen-bond donors (Lipinski definition) is 0. The zero-order chi connectivity index (χ0) is 18.4. The van der Waals surface area contributed by atoms with E-state index in [0.717, 1.165) is 11.1 Å². The van der Waals surface area contributed by atoms with Gasteiger partial charge in [-0.1, -0.05) is 22.8 Å². The van der Waals surface area contributed by atoms with Crippen molar-refractivity contribution in [2.75, 3.05) is 14.2 Å². The van der Waals surface area contributed by atoms with Gasteiger partial charge in [-0.15, -0.1) is 10.2 Å². The highest BCUT2D eigenvalue weighted by atomic mass is 35.5. The van der Waals surface area contributed by atoms with Gasteiger partial charge in [0.1, 0.15) is 0 Å². The molecule has 8 heteroatoms. The lowest BCUT2D eigenvalue weighted by atomic mass is 10.2. The molecule has 0 spiro atoms. The van der Waals surface area contributed by atoms with Gasteiger partial charge >= 0.3 is 0 Å². The van der Waals surface area contributed by atoms with Crippen LogP contribution in [0.1, 0.15) is 11.5 Å². The Morgan fingerprint density at radius 2 is 1.88 bits per heavy atom. The summed E-state index contributed by atoms with van der Waals surface area (Å²) in [6.07, 6.45) is 1.53.